The van der Waals surface area contributed by atoms with E-state index in [1.54, 1.807) is 0 Å². The fraction of sp³-hybridized carbons (Fsp3) is 0. The molecule has 0 heterocycles. The Hall–Kier alpha value is -2.95. The van der Waals surface area contributed by atoms with Gasteiger partial charge < -0.3 is 0 Å². The van der Waals surface area contributed by atoms with Crippen LogP contribution in [0.15, 0.2) is 122 Å². The molecule has 0 aliphatic heterocycles. The lowest BCUT2D eigenvalue weighted by Crippen LogP contribution is -2.43. The van der Waals surface area contributed by atoms with Gasteiger partial charge in [0, 0.05) is 0 Å². The van der Waals surface area contributed by atoms with Crippen molar-refractivity contribution in [3.63, 3.8) is 0 Å². The van der Waals surface area contributed by atoms with Crippen LogP contribution >= 0.6 is 0 Å². The molecule has 0 spiro atoms. The predicted octanol–water partition coefficient (Wildman–Crippen LogP) is 5.66. The molecule has 0 saturated heterocycles. The van der Waals surface area contributed by atoms with Gasteiger partial charge in [-0.1, -0.05) is 70.6 Å². The highest BCUT2D eigenvalue weighted by Crippen LogP contribution is 2.25. The number of hydrogen-bond acceptors (Lipinski definition) is 0. The third-order valence-electron chi connectivity index (χ3n) is 5.83. The molecule has 2 heteroatoms. The zero-order valence-corrected chi connectivity index (χ0v) is 18.3. The van der Waals surface area contributed by atoms with Crippen LogP contribution in [0.4, 0.5) is 0 Å². The molecular weight excluding hydrogens is 368 g/mol. The molecular formula is C26H26Si2. The van der Waals surface area contributed by atoms with E-state index in [4.69, 9.17) is 0 Å². The van der Waals surface area contributed by atoms with E-state index in [-0.39, 0.29) is 0 Å². The summed E-state index contributed by atoms with van der Waals surface area (Å²) >= 11 is 0. The van der Waals surface area contributed by atoms with Gasteiger partial charge in [-0.15, -0.1) is 39.5 Å². The lowest BCUT2D eigenvalue weighted by Gasteiger charge is -2.23. The van der Waals surface area contributed by atoms with Crippen molar-refractivity contribution < 1.29 is 0 Å². The summed E-state index contributed by atoms with van der Waals surface area (Å²) in [5.41, 5.74) is 12.2. The van der Waals surface area contributed by atoms with Crippen LogP contribution in [0.1, 0.15) is 0 Å². The smallest absolute Gasteiger partial charge is 0.106 e. The minimum absolute atomic E-state index is 1.21. The van der Waals surface area contributed by atoms with Gasteiger partial charge in [-0.3, -0.25) is 0 Å². The third-order valence-corrected chi connectivity index (χ3v) is 12.6. The van der Waals surface area contributed by atoms with Crippen LogP contribution in [-0.4, -0.2) is 16.1 Å². The lowest BCUT2D eigenvalue weighted by molar-refractivity contribution is 1.79. The highest BCUT2D eigenvalue weighted by Gasteiger charge is 2.27. The Kier molecular flexibility index (Phi) is 5.37. The Balaban J connectivity index is 2.37. The van der Waals surface area contributed by atoms with Crippen molar-refractivity contribution >= 4 is 48.1 Å². The molecule has 0 atom stereocenters. The highest BCUT2D eigenvalue weighted by atomic mass is 28.3. The Morgan fingerprint density at radius 3 is 1.71 bits per heavy atom. The average molecular weight is 395 g/mol. The SMILES string of the molecule is C=C[Si](C=C)(C=C)c1ccc2cc3cccc([Si](C=C)(C=C)C=C)c3cc2c1. The average Bonchev–Trinajstić information content (AvgIpc) is 2.75. The summed E-state index contributed by atoms with van der Waals surface area (Å²) < 4.78 is 0. The zero-order chi connectivity index (χ0) is 20.4. The van der Waals surface area contributed by atoms with E-state index in [9.17, 15) is 0 Å². The van der Waals surface area contributed by atoms with Gasteiger partial charge >= 0.3 is 0 Å². The summed E-state index contributed by atoms with van der Waals surface area (Å²) in [6.07, 6.45) is 0. The summed E-state index contributed by atoms with van der Waals surface area (Å²) in [7, 11) is -4.26. The maximum Gasteiger partial charge on any atom is 0.156 e. The molecule has 3 rings (SSSR count). The molecule has 0 saturated carbocycles. The minimum Gasteiger partial charge on any atom is -0.106 e. The maximum absolute atomic E-state index is 4.09. The molecule has 0 radical (unpaired) electrons. The van der Waals surface area contributed by atoms with Crippen molar-refractivity contribution in [2.45, 2.75) is 0 Å². The standard InChI is InChI=1S/C26H26Si2/c1-7-27(8-2,9-3)24-17-16-21-18-22-14-13-15-26(25(22)20-23(21)19-24)28(10-4,11-5)12-6/h7-20H,1-6H2. The molecule has 0 N–H and O–H groups in total. The summed E-state index contributed by atoms with van der Waals surface area (Å²) in [6, 6.07) is 17.6. The van der Waals surface area contributed by atoms with Gasteiger partial charge in [0.25, 0.3) is 0 Å². The molecule has 3 aromatic rings. The molecule has 0 aliphatic carbocycles. The molecule has 3 aromatic carbocycles. The molecule has 0 unspecified atom stereocenters. The Labute approximate surface area is 170 Å². The maximum atomic E-state index is 4.09. The van der Waals surface area contributed by atoms with Crippen LogP contribution in [0.3, 0.4) is 0 Å². The summed E-state index contributed by atoms with van der Waals surface area (Å²) in [5.74, 6) is 0. The zero-order valence-electron chi connectivity index (χ0n) is 16.3. The van der Waals surface area contributed by atoms with Gasteiger partial charge in [0.1, 0.15) is 0 Å². The van der Waals surface area contributed by atoms with E-state index >= 15 is 0 Å². The predicted molar refractivity (Wildman–Crippen MR) is 133 cm³/mol. The van der Waals surface area contributed by atoms with Crippen LogP contribution in [0.2, 0.25) is 0 Å². The van der Waals surface area contributed by atoms with Crippen LogP contribution in [0.5, 0.6) is 0 Å². The summed E-state index contributed by atoms with van der Waals surface area (Å²) in [6.45, 7) is 24.4. The van der Waals surface area contributed by atoms with Crippen LogP contribution < -0.4 is 10.4 Å². The molecule has 28 heavy (non-hydrogen) atoms. The second-order valence-corrected chi connectivity index (χ2v) is 14.3. The van der Waals surface area contributed by atoms with Crippen LogP contribution in [0, 0.1) is 0 Å². The van der Waals surface area contributed by atoms with E-state index in [0.29, 0.717) is 0 Å². The minimum atomic E-state index is -2.16. The summed E-state index contributed by atoms with van der Waals surface area (Å²) in [4.78, 5) is 0. The largest absolute Gasteiger partial charge is 0.156 e. The highest BCUT2D eigenvalue weighted by molar-refractivity contribution is 7.05. The van der Waals surface area contributed by atoms with Gasteiger partial charge in [0.15, 0.2) is 16.1 Å². The van der Waals surface area contributed by atoms with E-state index in [1.807, 2.05) is 34.2 Å². The molecule has 0 aliphatic rings. The third kappa shape index (κ3) is 2.91. The Morgan fingerprint density at radius 2 is 1.14 bits per heavy atom. The Bertz CT molecular complexity index is 1090. The number of rotatable bonds is 8. The van der Waals surface area contributed by atoms with Crippen molar-refractivity contribution in [3.8, 4) is 0 Å². The monoisotopic (exact) mass is 394 g/mol. The van der Waals surface area contributed by atoms with E-state index in [0.717, 1.165) is 0 Å². The van der Waals surface area contributed by atoms with Crippen molar-refractivity contribution in [1.82, 2.24) is 0 Å². The first-order chi connectivity index (χ1) is 13.5. The summed E-state index contributed by atoms with van der Waals surface area (Å²) in [5, 5.41) is 7.41. The van der Waals surface area contributed by atoms with Crippen molar-refractivity contribution in [2.24, 2.45) is 0 Å². The first-order valence-electron chi connectivity index (χ1n) is 9.32. The number of fused-ring (bicyclic) bond motifs is 2. The van der Waals surface area contributed by atoms with E-state index < -0.39 is 16.1 Å². The van der Waals surface area contributed by atoms with Gasteiger partial charge in [0.05, 0.1) is 0 Å². The number of hydrogen-bond donors (Lipinski definition) is 0. The van der Waals surface area contributed by atoms with Gasteiger partial charge in [-0.25, -0.2) is 0 Å². The van der Waals surface area contributed by atoms with E-state index in [1.165, 1.54) is 31.9 Å². The molecule has 0 aromatic heterocycles. The molecule has 0 amide bonds. The van der Waals surface area contributed by atoms with E-state index in [2.05, 4.69) is 88.0 Å². The second kappa shape index (κ2) is 7.59. The molecule has 0 nitrogen and oxygen atoms in total. The first kappa shape index (κ1) is 19.8. The number of benzene rings is 3. The van der Waals surface area contributed by atoms with Gasteiger partial charge in [-0.05, 0) is 44.1 Å². The van der Waals surface area contributed by atoms with Crippen molar-refractivity contribution in [2.75, 3.05) is 0 Å². The first-order valence-corrected chi connectivity index (χ1v) is 13.8. The lowest BCUT2D eigenvalue weighted by atomic mass is 10.0. The topological polar surface area (TPSA) is 0 Å². The molecule has 138 valence electrons. The van der Waals surface area contributed by atoms with Gasteiger partial charge in [0.2, 0.25) is 0 Å². The Morgan fingerprint density at radius 1 is 0.536 bits per heavy atom. The van der Waals surface area contributed by atoms with Crippen LogP contribution in [-0.2, 0) is 0 Å². The van der Waals surface area contributed by atoms with Gasteiger partial charge in [-0.2, -0.15) is 0 Å². The second-order valence-electron chi connectivity index (χ2n) is 7.03. The fourth-order valence-electron chi connectivity index (χ4n) is 3.85. The quantitative estimate of drug-likeness (QED) is 0.342. The molecule has 0 fully saturated rings. The fourth-order valence-corrected chi connectivity index (χ4v) is 8.07. The molecule has 0 bridgehead atoms. The normalized spacial score (nSPS) is 11.7. The van der Waals surface area contributed by atoms with Crippen LogP contribution in [0.25, 0.3) is 21.5 Å². The van der Waals surface area contributed by atoms with Crippen molar-refractivity contribution in [3.05, 3.63) is 122 Å². The van der Waals surface area contributed by atoms with Crippen molar-refractivity contribution in [1.29, 1.82) is 0 Å².